The van der Waals surface area contributed by atoms with Crippen LogP contribution in [-0.4, -0.2) is 37.5 Å². The lowest BCUT2D eigenvalue weighted by molar-refractivity contribution is -0.121. The van der Waals surface area contributed by atoms with Gasteiger partial charge in [-0.15, -0.1) is 0 Å². The van der Waals surface area contributed by atoms with Crippen LogP contribution in [0.25, 0.3) is 0 Å². The molecule has 22 heavy (non-hydrogen) atoms. The summed E-state index contributed by atoms with van der Waals surface area (Å²) in [6, 6.07) is 0. The standard InChI is InChI=1S/C17H34N4O/c1-13(2)10-17(8-7-9-17)12-20-15(18-6)19-11-14(22)21-16(3,4)5/h13H,7-12H2,1-6H3,(H,21,22)(H2,18,19,20). The molecule has 5 heteroatoms. The Morgan fingerprint density at radius 3 is 2.27 bits per heavy atom. The zero-order chi connectivity index (χ0) is 16.8. The highest BCUT2D eigenvalue weighted by Gasteiger charge is 2.37. The van der Waals surface area contributed by atoms with Crippen molar-refractivity contribution < 1.29 is 4.79 Å². The molecule has 1 rings (SSSR count). The smallest absolute Gasteiger partial charge is 0.239 e. The Morgan fingerprint density at radius 2 is 1.86 bits per heavy atom. The first-order valence-electron chi connectivity index (χ1n) is 8.41. The molecule has 128 valence electrons. The molecule has 0 saturated heterocycles. The Morgan fingerprint density at radius 1 is 1.23 bits per heavy atom. The minimum absolute atomic E-state index is 0.0176. The average Bonchev–Trinajstić information content (AvgIpc) is 2.32. The number of carbonyl (C=O) groups is 1. The van der Waals surface area contributed by atoms with Crippen molar-refractivity contribution in [2.45, 2.75) is 65.8 Å². The van der Waals surface area contributed by atoms with Crippen LogP contribution in [0, 0.1) is 11.3 Å². The monoisotopic (exact) mass is 310 g/mol. The second-order valence-corrected chi connectivity index (χ2v) is 8.03. The van der Waals surface area contributed by atoms with E-state index in [0.29, 0.717) is 11.4 Å². The number of rotatable bonds is 6. The van der Waals surface area contributed by atoms with Gasteiger partial charge in [0.25, 0.3) is 0 Å². The van der Waals surface area contributed by atoms with Crippen LogP contribution in [0.15, 0.2) is 4.99 Å². The van der Waals surface area contributed by atoms with Crippen LogP contribution in [0.3, 0.4) is 0 Å². The van der Waals surface area contributed by atoms with Crippen molar-refractivity contribution in [1.82, 2.24) is 16.0 Å². The van der Waals surface area contributed by atoms with E-state index < -0.39 is 0 Å². The van der Waals surface area contributed by atoms with E-state index in [2.05, 4.69) is 34.8 Å². The summed E-state index contributed by atoms with van der Waals surface area (Å²) in [5.41, 5.74) is 0.211. The van der Waals surface area contributed by atoms with Gasteiger partial charge >= 0.3 is 0 Å². The van der Waals surface area contributed by atoms with Crippen molar-refractivity contribution in [2.75, 3.05) is 20.1 Å². The average molecular weight is 310 g/mol. The molecule has 1 aliphatic rings. The van der Waals surface area contributed by atoms with E-state index in [-0.39, 0.29) is 18.0 Å². The van der Waals surface area contributed by atoms with Gasteiger partial charge in [-0.1, -0.05) is 20.3 Å². The van der Waals surface area contributed by atoms with Gasteiger partial charge in [0.05, 0.1) is 6.54 Å². The molecule has 1 saturated carbocycles. The van der Waals surface area contributed by atoms with Gasteiger partial charge < -0.3 is 16.0 Å². The van der Waals surface area contributed by atoms with Crippen LogP contribution in [0.1, 0.15) is 60.3 Å². The molecule has 0 aromatic rings. The van der Waals surface area contributed by atoms with Gasteiger partial charge in [0, 0.05) is 19.1 Å². The first-order valence-corrected chi connectivity index (χ1v) is 8.41. The van der Waals surface area contributed by atoms with Gasteiger partial charge in [-0.25, -0.2) is 0 Å². The van der Waals surface area contributed by atoms with E-state index in [0.717, 1.165) is 12.5 Å². The molecule has 1 amide bonds. The maximum atomic E-state index is 11.8. The van der Waals surface area contributed by atoms with Crippen molar-refractivity contribution in [1.29, 1.82) is 0 Å². The Bertz CT molecular complexity index is 392. The third-order valence-corrected chi connectivity index (χ3v) is 4.04. The lowest BCUT2D eigenvalue weighted by Gasteiger charge is -2.43. The summed E-state index contributed by atoms with van der Waals surface area (Å²) in [4.78, 5) is 16.0. The van der Waals surface area contributed by atoms with Gasteiger partial charge in [-0.05, 0) is 51.4 Å². The van der Waals surface area contributed by atoms with E-state index in [1.807, 2.05) is 20.8 Å². The number of hydrogen-bond donors (Lipinski definition) is 3. The normalized spacial score (nSPS) is 17.9. The van der Waals surface area contributed by atoms with Crippen molar-refractivity contribution in [3.05, 3.63) is 0 Å². The topological polar surface area (TPSA) is 65.5 Å². The van der Waals surface area contributed by atoms with Gasteiger partial charge in [0.15, 0.2) is 5.96 Å². The second kappa shape index (κ2) is 7.84. The maximum absolute atomic E-state index is 11.8. The lowest BCUT2D eigenvalue weighted by Crippen LogP contribution is -2.50. The lowest BCUT2D eigenvalue weighted by atomic mass is 9.64. The molecule has 0 aliphatic heterocycles. The van der Waals surface area contributed by atoms with Gasteiger partial charge in [0.2, 0.25) is 5.91 Å². The van der Waals surface area contributed by atoms with E-state index in [1.54, 1.807) is 7.05 Å². The number of guanidine groups is 1. The maximum Gasteiger partial charge on any atom is 0.239 e. The number of aliphatic imine (C=N–C) groups is 1. The summed E-state index contributed by atoms with van der Waals surface area (Å²) in [5.74, 6) is 1.41. The number of amides is 1. The summed E-state index contributed by atoms with van der Waals surface area (Å²) < 4.78 is 0. The summed E-state index contributed by atoms with van der Waals surface area (Å²) in [7, 11) is 1.74. The highest BCUT2D eigenvalue weighted by Crippen LogP contribution is 2.45. The van der Waals surface area contributed by atoms with Crippen LogP contribution in [0.2, 0.25) is 0 Å². The molecule has 0 bridgehead atoms. The zero-order valence-corrected chi connectivity index (χ0v) is 15.2. The molecule has 0 atom stereocenters. The Labute approximate surface area is 135 Å². The van der Waals surface area contributed by atoms with Crippen LogP contribution in [0.4, 0.5) is 0 Å². The van der Waals surface area contributed by atoms with Crippen molar-refractivity contribution in [3.8, 4) is 0 Å². The summed E-state index contributed by atoms with van der Waals surface area (Å²) in [5, 5.41) is 9.42. The van der Waals surface area contributed by atoms with E-state index in [9.17, 15) is 4.79 Å². The van der Waals surface area contributed by atoms with Gasteiger partial charge in [-0.2, -0.15) is 0 Å². The highest BCUT2D eigenvalue weighted by molar-refractivity contribution is 5.86. The molecule has 1 aliphatic carbocycles. The quantitative estimate of drug-likeness (QED) is 0.521. The number of hydrogen-bond acceptors (Lipinski definition) is 2. The summed E-state index contributed by atoms with van der Waals surface area (Å²) in [6.45, 7) is 11.7. The fourth-order valence-electron chi connectivity index (χ4n) is 3.11. The molecule has 3 N–H and O–H groups in total. The molecule has 0 unspecified atom stereocenters. The number of nitrogens with zero attached hydrogens (tertiary/aromatic N) is 1. The SMILES string of the molecule is CN=C(NCC(=O)NC(C)(C)C)NCC1(CC(C)C)CCC1. The molecule has 0 radical (unpaired) electrons. The molecule has 0 heterocycles. The molecular weight excluding hydrogens is 276 g/mol. The molecule has 5 nitrogen and oxygen atoms in total. The third kappa shape index (κ3) is 6.67. The zero-order valence-electron chi connectivity index (χ0n) is 15.2. The van der Waals surface area contributed by atoms with E-state index >= 15 is 0 Å². The minimum Gasteiger partial charge on any atom is -0.356 e. The largest absolute Gasteiger partial charge is 0.356 e. The summed E-state index contributed by atoms with van der Waals surface area (Å²) in [6.07, 6.45) is 5.16. The highest BCUT2D eigenvalue weighted by atomic mass is 16.2. The van der Waals surface area contributed by atoms with Gasteiger partial charge in [0.1, 0.15) is 0 Å². The number of nitrogens with one attached hydrogen (secondary N) is 3. The first kappa shape index (κ1) is 18.8. The predicted molar refractivity (Wildman–Crippen MR) is 93.0 cm³/mol. The molecular formula is C17H34N4O. The van der Waals surface area contributed by atoms with E-state index in [4.69, 9.17) is 0 Å². The van der Waals surface area contributed by atoms with Crippen molar-refractivity contribution in [2.24, 2.45) is 16.3 Å². The molecule has 0 aromatic heterocycles. The predicted octanol–water partition coefficient (Wildman–Crippen LogP) is 2.28. The second-order valence-electron chi connectivity index (χ2n) is 8.03. The van der Waals surface area contributed by atoms with Crippen LogP contribution < -0.4 is 16.0 Å². The Hall–Kier alpha value is -1.26. The molecule has 0 spiro atoms. The Kier molecular flexibility index (Phi) is 6.69. The molecule has 1 fully saturated rings. The van der Waals surface area contributed by atoms with E-state index in [1.165, 1.54) is 25.7 Å². The molecule has 0 aromatic carbocycles. The fourth-order valence-corrected chi connectivity index (χ4v) is 3.11. The van der Waals surface area contributed by atoms with Crippen molar-refractivity contribution >= 4 is 11.9 Å². The number of carbonyl (C=O) groups excluding carboxylic acids is 1. The van der Waals surface area contributed by atoms with Crippen molar-refractivity contribution in [3.63, 3.8) is 0 Å². The van der Waals surface area contributed by atoms with Gasteiger partial charge in [-0.3, -0.25) is 9.79 Å². The van der Waals surface area contributed by atoms with Crippen LogP contribution in [0.5, 0.6) is 0 Å². The minimum atomic E-state index is -0.205. The third-order valence-electron chi connectivity index (χ3n) is 4.04. The first-order chi connectivity index (χ1) is 10.2. The Balaban J connectivity index is 2.38. The fraction of sp³-hybridized carbons (Fsp3) is 0.882. The summed E-state index contributed by atoms with van der Waals surface area (Å²) >= 11 is 0. The van der Waals surface area contributed by atoms with Crippen LogP contribution in [-0.2, 0) is 4.79 Å². The van der Waals surface area contributed by atoms with Crippen LogP contribution >= 0.6 is 0 Å².